The summed E-state index contributed by atoms with van der Waals surface area (Å²) in [4.78, 5) is 17.6. The molecule has 0 unspecified atom stereocenters. The molecular weight excluding hydrogens is 602 g/mol. The van der Waals surface area contributed by atoms with Crippen molar-refractivity contribution in [2.45, 2.75) is 63.3 Å². The van der Waals surface area contributed by atoms with Gasteiger partial charge in [0, 0.05) is 37.0 Å². The number of aromatic hydroxyl groups is 1. The summed E-state index contributed by atoms with van der Waals surface area (Å²) in [5.74, 6) is 2.28. The van der Waals surface area contributed by atoms with Crippen LogP contribution in [-0.2, 0) is 0 Å². The first-order chi connectivity index (χ1) is 22.0. The lowest BCUT2D eigenvalue weighted by Gasteiger charge is -2.38. The molecule has 2 N–H and O–H groups in total. The van der Waals surface area contributed by atoms with Crippen molar-refractivity contribution in [3.63, 3.8) is 0 Å². The number of aromatic nitrogens is 3. The highest BCUT2D eigenvalue weighted by molar-refractivity contribution is 6.02. The maximum atomic E-state index is 16.9. The molecule has 3 atom stereocenters. The lowest BCUT2D eigenvalue weighted by molar-refractivity contribution is 0.0447. The molecule has 7 rings (SSSR count). The SMILES string of the molecule is CC#Cc1nc(-c2cc(O)cc3ccc(F)c(F)c23)c(F)c2nc(OC[C@@]34CCCN3C[C@H](F)C4)nc(N3CCC[C@@](C)(O)C3)c12. The van der Waals surface area contributed by atoms with Crippen molar-refractivity contribution in [2.24, 2.45) is 0 Å². The van der Waals surface area contributed by atoms with Crippen LogP contribution in [0, 0.1) is 29.3 Å². The van der Waals surface area contributed by atoms with Crippen molar-refractivity contribution in [2.75, 3.05) is 37.7 Å². The number of fused-ring (bicyclic) bond motifs is 3. The number of rotatable bonds is 5. The summed E-state index contributed by atoms with van der Waals surface area (Å²) in [6.07, 6.45) is 2.18. The standard InChI is InChI=1S/C34H33F4N5O3/c1-3-6-24-26-30(28(38)29(39-24)22-14-21(44)13-19-7-8-23(36)27(37)25(19)22)40-32(41-31(26)42-11-4-9-33(2,45)17-42)46-18-34-10-5-12-43(34)16-20(35)15-34/h7-8,13-14,20,44-45H,4-5,9-12,15-18H2,1-2H3/t20-,33-,34+/m1/s1. The Bertz CT molecular complexity index is 1940. The van der Waals surface area contributed by atoms with Crippen LogP contribution < -0.4 is 9.64 Å². The van der Waals surface area contributed by atoms with E-state index in [0.29, 0.717) is 32.4 Å². The van der Waals surface area contributed by atoms with E-state index in [1.165, 1.54) is 12.1 Å². The van der Waals surface area contributed by atoms with Crippen molar-refractivity contribution < 1.29 is 32.5 Å². The van der Waals surface area contributed by atoms with Crippen LogP contribution in [0.5, 0.6) is 11.8 Å². The number of phenolic OH excluding ortho intramolecular Hbond substituents is 1. The summed E-state index contributed by atoms with van der Waals surface area (Å²) in [5.41, 5.74) is -2.30. The molecule has 3 fully saturated rings. The third kappa shape index (κ3) is 5.15. The van der Waals surface area contributed by atoms with Gasteiger partial charge in [-0.25, -0.2) is 22.5 Å². The number of nitrogens with zero attached hydrogens (tertiary/aromatic N) is 5. The topological polar surface area (TPSA) is 94.8 Å². The summed E-state index contributed by atoms with van der Waals surface area (Å²) in [6, 6.07) is 4.43. The van der Waals surface area contributed by atoms with E-state index in [9.17, 15) is 19.0 Å². The number of aliphatic hydroxyl groups is 1. The number of piperidine rings is 1. The van der Waals surface area contributed by atoms with Crippen LogP contribution in [0.4, 0.5) is 23.4 Å². The molecule has 0 aliphatic carbocycles. The molecule has 0 amide bonds. The van der Waals surface area contributed by atoms with Gasteiger partial charge in [-0.15, -0.1) is 0 Å². The zero-order valence-electron chi connectivity index (χ0n) is 25.5. The van der Waals surface area contributed by atoms with Gasteiger partial charge in [-0.1, -0.05) is 12.0 Å². The molecule has 2 aromatic heterocycles. The molecule has 8 nitrogen and oxygen atoms in total. The molecule has 2 aromatic carbocycles. The fourth-order valence-electron chi connectivity index (χ4n) is 7.43. The molecule has 0 spiro atoms. The van der Waals surface area contributed by atoms with E-state index in [1.54, 1.807) is 13.8 Å². The number of ether oxygens (including phenoxy) is 1. The fourth-order valence-corrected chi connectivity index (χ4v) is 7.43. The Morgan fingerprint density at radius 2 is 1.85 bits per heavy atom. The van der Waals surface area contributed by atoms with Gasteiger partial charge in [0.1, 0.15) is 41.3 Å². The zero-order valence-corrected chi connectivity index (χ0v) is 25.5. The third-order valence-corrected chi connectivity index (χ3v) is 9.44. The minimum atomic E-state index is -1.22. The predicted molar refractivity (Wildman–Crippen MR) is 165 cm³/mol. The molecule has 3 aliphatic heterocycles. The van der Waals surface area contributed by atoms with Crippen molar-refractivity contribution in [1.82, 2.24) is 19.9 Å². The molecule has 3 aliphatic rings. The quantitative estimate of drug-likeness (QED) is 0.215. The number of alkyl halides is 1. The second-order valence-corrected chi connectivity index (χ2v) is 12.9. The number of anilines is 1. The Kier molecular flexibility index (Phi) is 7.44. The van der Waals surface area contributed by atoms with E-state index in [-0.39, 0.29) is 63.7 Å². The van der Waals surface area contributed by atoms with Gasteiger partial charge in [0.25, 0.3) is 0 Å². The molecular formula is C34H33F4N5O3. The minimum absolute atomic E-state index is 0.0746. The molecule has 0 radical (unpaired) electrons. The van der Waals surface area contributed by atoms with Crippen LogP contribution in [0.15, 0.2) is 24.3 Å². The van der Waals surface area contributed by atoms with Gasteiger partial charge in [0.2, 0.25) is 0 Å². The van der Waals surface area contributed by atoms with E-state index in [1.807, 2.05) is 4.90 Å². The van der Waals surface area contributed by atoms with Crippen LogP contribution in [0.25, 0.3) is 32.9 Å². The van der Waals surface area contributed by atoms with Crippen LogP contribution >= 0.6 is 0 Å². The Hall–Kier alpha value is -4.21. The van der Waals surface area contributed by atoms with E-state index in [2.05, 4.69) is 26.7 Å². The number of β-amino-alcohol motifs (C(OH)–C–C–N with tert-alkyl or cyclic N) is 1. The molecule has 5 heterocycles. The maximum Gasteiger partial charge on any atom is 0.319 e. The first-order valence-corrected chi connectivity index (χ1v) is 15.4. The Morgan fingerprint density at radius 3 is 2.63 bits per heavy atom. The second-order valence-electron chi connectivity index (χ2n) is 12.9. The summed E-state index contributed by atoms with van der Waals surface area (Å²) in [7, 11) is 0. The molecule has 3 saturated heterocycles. The van der Waals surface area contributed by atoms with Gasteiger partial charge in [-0.3, -0.25) is 4.90 Å². The van der Waals surface area contributed by atoms with Crippen LogP contribution in [0.2, 0.25) is 0 Å². The van der Waals surface area contributed by atoms with Crippen LogP contribution in [0.1, 0.15) is 51.6 Å². The lowest BCUT2D eigenvalue weighted by atomic mass is 9.94. The molecule has 0 bridgehead atoms. The van der Waals surface area contributed by atoms with E-state index < -0.39 is 40.5 Å². The van der Waals surface area contributed by atoms with Gasteiger partial charge in [0.05, 0.1) is 16.5 Å². The zero-order chi connectivity index (χ0) is 32.4. The van der Waals surface area contributed by atoms with Crippen molar-refractivity contribution in [1.29, 1.82) is 0 Å². The molecule has 46 heavy (non-hydrogen) atoms. The number of halogens is 4. The third-order valence-electron chi connectivity index (χ3n) is 9.44. The molecule has 12 heteroatoms. The first kappa shape index (κ1) is 30.4. The van der Waals surface area contributed by atoms with E-state index in [0.717, 1.165) is 31.5 Å². The number of benzene rings is 2. The smallest absolute Gasteiger partial charge is 0.319 e. The van der Waals surface area contributed by atoms with Gasteiger partial charge in [-0.05, 0) is 75.6 Å². The van der Waals surface area contributed by atoms with Gasteiger partial charge in [-0.2, -0.15) is 9.97 Å². The minimum Gasteiger partial charge on any atom is -0.508 e. The number of pyridine rings is 1. The van der Waals surface area contributed by atoms with E-state index in [4.69, 9.17) is 9.72 Å². The highest BCUT2D eigenvalue weighted by Gasteiger charge is 2.49. The van der Waals surface area contributed by atoms with Crippen molar-refractivity contribution >= 4 is 27.5 Å². The number of hydrogen-bond acceptors (Lipinski definition) is 8. The van der Waals surface area contributed by atoms with E-state index >= 15 is 8.78 Å². The predicted octanol–water partition coefficient (Wildman–Crippen LogP) is 5.65. The van der Waals surface area contributed by atoms with Crippen molar-refractivity contribution in [3.05, 3.63) is 47.4 Å². The fraction of sp³-hybridized carbons (Fsp3) is 0.441. The monoisotopic (exact) mass is 635 g/mol. The van der Waals surface area contributed by atoms with Gasteiger partial charge >= 0.3 is 6.01 Å². The number of phenols is 1. The maximum absolute atomic E-state index is 16.9. The molecule has 240 valence electrons. The highest BCUT2D eigenvalue weighted by atomic mass is 19.2. The Labute approximate surface area is 263 Å². The molecule has 4 aromatic rings. The highest BCUT2D eigenvalue weighted by Crippen LogP contribution is 2.42. The summed E-state index contributed by atoms with van der Waals surface area (Å²) in [5, 5.41) is 21.5. The van der Waals surface area contributed by atoms with Crippen LogP contribution in [0.3, 0.4) is 0 Å². The average Bonchev–Trinajstić information content (AvgIpc) is 3.54. The first-order valence-electron chi connectivity index (χ1n) is 15.4. The van der Waals surface area contributed by atoms with Crippen molar-refractivity contribution in [3.8, 4) is 34.9 Å². The number of hydrogen-bond donors (Lipinski definition) is 2. The summed E-state index contributed by atoms with van der Waals surface area (Å²) < 4.78 is 67.2. The van der Waals surface area contributed by atoms with Gasteiger partial charge < -0.3 is 19.8 Å². The Morgan fingerprint density at radius 1 is 1.04 bits per heavy atom. The molecule has 0 saturated carbocycles. The summed E-state index contributed by atoms with van der Waals surface area (Å²) >= 11 is 0. The second kappa shape index (κ2) is 11.2. The normalized spacial score (nSPS) is 24.8. The Balaban J connectivity index is 1.45. The van der Waals surface area contributed by atoms with Gasteiger partial charge in [0.15, 0.2) is 17.5 Å². The largest absolute Gasteiger partial charge is 0.508 e. The average molecular weight is 636 g/mol. The summed E-state index contributed by atoms with van der Waals surface area (Å²) in [6.45, 7) is 5.15. The lowest BCUT2D eigenvalue weighted by Crippen LogP contribution is -2.46. The van der Waals surface area contributed by atoms with Crippen LogP contribution in [-0.4, -0.2) is 80.2 Å².